The Morgan fingerprint density at radius 3 is 2.60 bits per heavy atom. The van der Waals surface area contributed by atoms with Crippen LogP contribution in [0.25, 0.3) is 29.5 Å². The lowest BCUT2D eigenvalue weighted by Gasteiger charge is -2.12. The predicted octanol–water partition coefficient (Wildman–Crippen LogP) is 6.50. The Morgan fingerprint density at radius 1 is 0.952 bits per heavy atom. The molecule has 10 nitrogen and oxygen atoms in total. The maximum Gasteiger partial charge on any atom is 0.263 e. The molecule has 0 fully saturated rings. The molecule has 2 aromatic carbocycles. The number of aryl methyl sites for hydroxylation is 2. The van der Waals surface area contributed by atoms with Crippen molar-refractivity contribution in [2.45, 2.75) is 20.1 Å². The molecular weight excluding hydrogens is 534 g/mol. The third-order valence-electron chi connectivity index (χ3n) is 6.61. The average molecular weight is 564 g/mol. The highest BCUT2D eigenvalue weighted by Crippen LogP contribution is 2.31. The van der Waals surface area contributed by atoms with Crippen LogP contribution in [-0.2, 0) is 20.3 Å². The normalized spacial score (nSPS) is 11.3. The molecule has 0 spiro atoms. The number of oxazole rings is 1. The zero-order valence-corrected chi connectivity index (χ0v) is 23.4. The molecule has 0 saturated heterocycles. The van der Waals surface area contributed by atoms with Crippen molar-refractivity contribution in [1.82, 2.24) is 24.3 Å². The summed E-state index contributed by atoms with van der Waals surface area (Å²) < 4.78 is 32.7. The molecule has 6 aromatic rings. The highest BCUT2D eigenvalue weighted by atomic mass is 16.5. The van der Waals surface area contributed by atoms with E-state index >= 15 is 0 Å². The van der Waals surface area contributed by atoms with Gasteiger partial charge < -0.3 is 27.6 Å². The van der Waals surface area contributed by atoms with Crippen molar-refractivity contribution in [2.24, 2.45) is 7.05 Å². The van der Waals surface area contributed by atoms with Crippen LogP contribution in [0.3, 0.4) is 0 Å². The maximum atomic E-state index is 6.21. The predicted molar refractivity (Wildman–Crippen MR) is 156 cm³/mol. The summed E-state index contributed by atoms with van der Waals surface area (Å²) >= 11 is 0. The van der Waals surface area contributed by atoms with Crippen LogP contribution in [0.1, 0.15) is 28.3 Å². The molecule has 0 amide bonds. The van der Waals surface area contributed by atoms with Gasteiger partial charge >= 0.3 is 0 Å². The molecule has 212 valence electrons. The van der Waals surface area contributed by atoms with Crippen LogP contribution in [0.4, 0.5) is 0 Å². The number of hydrogen-bond acceptors (Lipinski definition) is 8. The van der Waals surface area contributed by atoms with Crippen molar-refractivity contribution in [3.63, 3.8) is 0 Å². The van der Waals surface area contributed by atoms with Gasteiger partial charge in [-0.1, -0.05) is 24.3 Å². The second-order valence-corrected chi connectivity index (χ2v) is 9.49. The van der Waals surface area contributed by atoms with Gasteiger partial charge in [-0.25, -0.2) is 14.6 Å². The number of rotatable bonds is 11. The van der Waals surface area contributed by atoms with Crippen LogP contribution in [0.15, 0.2) is 94.5 Å². The molecule has 4 aromatic heterocycles. The lowest BCUT2D eigenvalue weighted by molar-refractivity contribution is 0.275. The first-order chi connectivity index (χ1) is 20.6. The minimum atomic E-state index is 0.214. The number of benzene rings is 2. The Kier molecular flexibility index (Phi) is 7.58. The van der Waals surface area contributed by atoms with Gasteiger partial charge in [0.2, 0.25) is 5.88 Å². The molecule has 42 heavy (non-hydrogen) atoms. The Bertz CT molecular complexity index is 1800. The molecule has 0 bridgehead atoms. The smallest absolute Gasteiger partial charge is 0.263 e. The lowest BCUT2D eigenvalue weighted by Crippen LogP contribution is -2.02. The van der Waals surface area contributed by atoms with Crippen molar-refractivity contribution in [3.05, 3.63) is 114 Å². The van der Waals surface area contributed by atoms with Crippen LogP contribution < -0.4 is 14.2 Å². The van der Waals surface area contributed by atoms with Crippen molar-refractivity contribution < 1.29 is 23.0 Å². The second-order valence-electron chi connectivity index (χ2n) is 9.49. The Balaban J connectivity index is 1.17. The summed E-state index contributed by atoms with van der Waals surface area (Å²) in [5.74, 6) is 3.31. The standard InChI is InChI=1S/C32H29N5O5/c1-22-27(34-32(42-22)29-10-7-15-39-29)20-40-28-14-11-23(16-30(28)38-3)19-41-31-24(12-13-26-17-33-21-36(26)2)18-37(35-31)25-8-5-4-6-9-25/h4-18,21H,19-20H2,1-3H3. The van der Waals surface area contributed by atoms with Gasteiger partial charge in [-0.3, -0.25) is 0 Å². The zero-order chi connectivity index (χ0) is 28.9. The first-order valence-corrected chi connectivity index (χ1v) is 13.3. The highest BCUT2D eigenvalue weighted by molar-refractivity contribution is 5.70. The summed E-state index contributed by atoms with van der Waals surface area (Å²) in [6.45, 7) is 2.34. The van der Waals surface area contributed by atoms with Crippen LogP contribution in [0.2, 0.25) is 0 Å². The number of imidazole rings is 1. The van der Waals surface area contributed by atoms with E-state index in [2.05, 4.69) is 9.97 Å². The Morgan fingerprint density at radius 2 is 1.83 bits per heavy atom. The van der Waals surface area contributed by atoms with Crippen molar-refractivity contribution in [2.75, 3.05) is 7.11 Å². The first-order valence-electron chi connectivity index (χ1n) is 13.3. The summed E-state index contributed by atoms with van der Waals surface area (Å²) in [7, 11) is 3.55. The quantitative estimate of drug-likeness (QED) is 0.176. The third kappa shape index (κ3) is 5.83. The summed E-state index contributed by atoms with van der Waals surface area (Å²) in [5, 5.41) is 4.71. The SMILES string of the molecule is COc1cc(COc2nn(-c3ccccc3)cc2C=Cc2cncn2C)ccc1OCc1nc(-c2ccco2)oc1C. The molecule has 0 aliphatic carbocycles. The zero-order valence-electron chi connectivity index (χ0n) is 23.4. The molecule has 10 heteroatoms. The minimum absolute atomic E-state index is 0.214. The van der Waals surface area contributed by atoms with E-state index in [0.717, 1.165) is 22.5 Å². The van der Waals surface area contributed by atoms with Crippen LogP contribution in [-0.4, -0.2) is 31.4 Å². The van der Waals surface area contributed by atoms with E-state index in [9.17, 15) is 0 Å². The van der Waals surface area contributed by atoms with Gasteiger partial charge in [0.05, 0.1) is 42.8 Å². The van der Waals surface area contributed by atoms with Gasteiger partial charge in [0.25, 0.3) is 5.89 Å². The summed E-state index contributed by atoms with van der Waals surface area (Å²) in [6, 6.07) is 19.2. The van der Waals surface area contributed by atoms with Crippen molar-refractivity contribution in [1.29, 1.82) is 0 Å². The van der Waals surface area contributed by atoms with E-state index in [-0.39, 0.29) is 13.2 Å². The van der Waals surface area contributed by atoms with Gasteiger partial charge in [-0.15, -0.1) is 5.10 Å². The topological polar surface area (TPSA) is 102 Å². The van der Waals surface area contributed by atoms with Crippen LogP contribution in [0, 0.1) is 6.92 Å². The lowest BCUT2D eigenvalue weighted by atomic mass is 10.2. The second kappa shape index (κ2) is 11.9. The van der Waals surface area contributed by atoms with Gasteiger partial charge in [-0.05, 0) is 61.0 Å². The number of aromatic nitrogens is 5. The largest absolute Gasteiger partial charge is 0.493 e. The average Bonchev–Trinajstić information content (AvgIpc) is 3.83. The number of ether oxygens (including phenoxy) is 3. The molecule has 0 saturated carbocycles. The van der Waals surface area contributed by atoms with Crippen LogP contribution >= 0.6 is 0 Å². The molecule has 0 N–H and O–H groups in total. The van der Waals surface area contributed by atoms with E-state index in [1.807, 2.05) is 85.4 Å². The minimum Gasteiger partial charge on any atom is -0.493 e. The molecular formula is C32H29N5O5. The molecule has 0 radical (unpaired) electrons. The molecule has 4 heterocycles. The molecule has 6 rings (SSSR count). The first kappa shape index (κ1) is 26.7. The van der Waals surface area contributed by atoms with Crippen molar-refractivity contribution in [3.8, 4) is 34.7 Å². The molecule has 0 aliphatic rings. The Hall–Kier alpha value is -5.51. The summed E-state index contributed by atoms with van der Waals surface area (Å²) in [6.07, 6.45) is 11.0. The van der Waals surface area contributed by atoms with Gasteiger partial charge in [0, 0.05) is 13.2 Å². The van der Waals surface area contributed by atoms with Crippen molar-refractivity contribution >= 4 is 12.2 Å². The Labute approximate surface area is 242 Å². The van der Waals surface area contributed by atoms with E-state index in [4.69, 9.17) is 28.1 Å². The van der Waals surface area contributed by atoms with Crippen LogP contribution in [0.5, 0.6) is 17.4 Å². The summed E-state index contributed by atoms with van der Waals surface area (Å²) in [5.41, 5.74) is 4.31. The number of para-hydroxylation sites is 1. The van der Waals surface area contributed by atoms with E-state index in [1.165, 1.54) is 0 Å². The maximum absolute atomic E-state index is 6.21. The molecule has 0 aliphatic heterocycles. The number of hydrogen-bond donors (Lipinski definition) is 0. The highest BCUT2D eigenvalue weighted by Gasteiger charge is 2.16. The van der Waals surface area contributed by atoms with Gasteiger partial charge in [0.1, 0.15) is 24.7 Å². The fourth-order valence-corrected chi connectivity index (χ4v) is 4.30. The molecule has 0 unspecified atom stereocenters. The fourth-order valence-electron chi connectivity index (χ4n) is 4.30. The number of nitrogens with zero attached hydrogens (tertiary/aromatic N) is 5. The third-order valence-corrected chi connectivity index (χ3v) is 6.61. The van der Waals surface area contributed by atoms with Gasteiger partial charge in [0.15, 0.2) is 17.3 Å². The molecule has 0 atom stereocenters. The number of furan rings is 1. The van der Waals surface area contributed by atoms with E-state index < -0.39 is 0 Å². The number of methoxy groups -OCH3 is 1. The fraction of sp³-hybridized carbons (Fsp3) is 0.156. The van der Waals surface area contributed by atoms with Gasteiger partial charge in [-0.2, -0.15) is 0 Å². The van der Waals surface area contributed by atoms with E-state index in [0.29, 0.717) is 40.5 Å². The summed E-state index contributed by atoms with van der Waals surface area (Å²) in [4.78, 5) is 8.69. The monoisotopic (exact) mass is 563 g/mol. The van der Waals surface area contributed by atoms with E-state index in [1.54, 1.807) is 42.7 Å².